The maximum absolute atomic E-state index is 8.89. The molecule has 0 bridgehead atoms. The van der Waals surface area contributed by atoms with Crippen molar-refractivity contribution < 1.29 is 24.5 Å². The molecule has 9 aromatic rings. The topological polar surface area (TPSA) is 67.6 Å². The molecule has 0 unspecified atom stereocenters. The van der Waals surface area contributed by atoms with Gasteiger partial charge in [0.1, 0.15) is 5.58 Å². The number of hydrogen-bond donors (Lipinski definition) is 0. The van der Waals surface area contributed by atoms with E-state index in [9.17, 15) is 0 Å². The first kappa shape index (κ1) is 45.1. The van der Waals surface area contributed by atoms with Gasteiger partial charge >= 0.3 is 0 Å². The number of furan rings is 1. The van der Waals surface area contributed by atoms with Crippen LogP contribution in [0.3, 0.4) is 0 Å². The Kier molecular flexibility index (Phi) is 13.5. The summed E-state index contributed by atoms with van der Waals surface area (Å²) >= 11 is 0. The van der Waals surface area contributed by atoms with Crippen LogP contribution in [0, 0.1) is 29.4 Å². The quantitative estimate of drug-likeness (QED) is 0.107. The van der Waals surface area contributed by atoms with E-state index in [1.165, 1.54) is 38.7 Å². The van der Waals surface area contributed by atoms with Gasteiger partial charge in [-0.2, -0.15) is 0 Å². The predicted molar refractivity (Wildman–Crippen MR) is 261 cm³/mol. The summed E-state index contributed by atoms with van der Waals surface area (Å²) in [5.41, 5.74) is 15.0. The zero-order chi connectivity index (χ0) is 43.7. The van der Waals surface area contributed by atoms with Gasteiger partial charge in [0.15, 0.2) is 0 Å². The van der Waals surface area contributed by atoms with E-state index in [4.69, 9.17) is 14.7 Å². The van der Waals surface area contributed by atoms with Crippen molar-refractivity contribution in [2.45, 2.75) is 79.4 Å². The summed E-state index contributed by atoms with van der Waals surface area (Å²) in [4.78, 5) is 9.87. The summed E-state index contributed by atoms with van der Waals surface area (Å²) in [6, 6.07) is 52.7. The zero-order valence-electron chi connectivity index (χ0n) is 37.7. The zero-order valence-corrected chi connectivity index (χ0v) is 41.1. The van der Waals surface area contributed by atoms with Crippen molar-refractivity contribution in [2.24, 2.45) is 5.92 Å². The molecule has 0 atom stereocenters. The summed E-state index contributed by atoms with van der Waals surface area (Å²) in [6.07, 6.45) is 3.14. The van der Waals surface area contributed by atoms with Gasteiger partial charge in [0.2, 0.25) is 0 Å². The van der Waals surface area contributed by atoms with Gasteiger partial charge in [-0.15, -0.1) is 53.6 Å². The number of benzene rings is 6. The Hall–Kier alpha value is -5.90. The van der Waals surface area contributed by atoms with Crippen LogP contribution in [0.1, 0.15) is 75.6 Å². The van der Waals surface area contributed by atoms with Gasteiger partial charge in [0, 0.05) is 43.4 Å². The predicted octanol–water partition coefficient (Wildman–Crippen LogP) is 14.5. The average Bonchev–Trinajstić information content (AvgIpc) is 3.84. The molecule has 0 saturated heterocycles. The molecule has 9 rings (SSSR count). The fraction of sp³-hybridized carbons (Fsp3) is 0.232. The normalized spacial score (nSPS) is 11.6. The van der Waals surface area contributed by atoms with Crippen LogP contribution in [0.4, 0.5) is 0 Å². The fourth-order valence-electron chi connectivity index (χ4n) is 8.43. The first-order valence-electron chi connectivity index (χ1n) is 21.8. The molecule has 63 heavy (non-hydrogen) atoms. The van der Waals surface area contributed by atoms with E-state index in [-0.39, 0.29) is 20.1 Å². The third kappa shape index (κ3) is 9.41. The Morgan fingerprint density at radius 3 is 2.02 bits per heavy atom. The van der Waals surface area contributed by atoms with Crippen LogP contribution in [-0.4, -0.2) is 22.6 Å². The summed E-state index contributed by atoms with van der Waals surface area (Å²) < 4.78 is 8.48. The summed E-state index contributed by atoms with van der Waals surface area (Å²) in [6.45, 7) is 20.7. The SMILES string of the molecule is CC(C)Cc1cc(-c2[c-]cc(C#N)cc2)ncc1[Si](C)(C)C.CC(C)c1cc(-c2ccccc2)cc(C(C)C)c1-n1c(-c2[c-]cc3oc4ccccc4c3c2)nc2ccccc21.[Ir]. The first-order chi connectivity index (χ1) is 29.8. The van der Waals surface area contributed by atoms with E-state index < -0.39 is 8.07 Å². The van der Waals surface area contributed by atoms with Gasteiger partial charge in [-0.1, -0.05) is 139 Å². The molecule has 5 nitrogen and oxygen atoms in total. The number of aromatic nitrogens is 3. The van der Waals surface area contributed by atoms with Crippen LogP contribution < -0.4 is 5.19 Å². The number of imidazole rings is 1. The fourth-order valence-corrected chi connectivity index (χ4v) is 10.0. The second kappa shape index (κ2) is 18.8. The van der Waals surface area contributed by atoms with Crippen molar-refractivity contribution in [1.82, 2.24) is 14.5 Å². The molecule has 0 fully saturated rings. The molecule has 0 amide bonds. The Balaban J connectivity index is 0.000000221. The van der Waals surface area contributed by atoms with Gasteiger partial charge < -0.3 is 14.0 Å². The Morgan fingerprint density at radius 1 is 0.698 bits per heavy atom. The van der Waals surface area contributed by atoms with Gasteiger partial charge in [-0.25, -0.2) is 5.26 Å². The maximum Gasteiger partial charge on any atom is 0.120 e. The van der Waals surface area contributed by atoms with Crippen LogP contribution in [0.2, 0.25) is 19.6 Å². The number of fused-ring (bicyclic) bond motifs is 4. The number of hydrogen-bond acceptors (Lipinski definition) is 4. The summed E-state index contributed by atoms with van der Waals surface area (Å²) in [7, 11) is -1.40. The standard InChI is InChI=1S/C37H31N2O.C19H23N2Si.Ir/c1-23(2)29-21-27(25-12-6-5-7-13-25)22-30(24(3)4)36(29)39-33-16-10-9-15-32(33)38-37(39)26-18-19-35-31(20-26)28-14-8-11-17-34(28)40-35;1-14(2)10-17-11-18(21-13-19(17)22(3,4)5)16-8-6-15(12-20)7-9-16;/h5-17,19-24H,1-4H3;6-8,11,13-14H,10H2,1-5H3;/q2*-1;. The smallest absolute Gasteiger partial charge is 0.120 e. The second-order valence-corrected chi connectivity index (χ2v) is 23.4. The molecular formula is C56H54IrN4OSi-2. The Bertz CT molecular complexity index is 3050. The van der Waals surface area contributed by atoms with E-state index in [0.29, 0.717) is 23.3 Å². The van der Waals surface area contributed by atoms with E-state index >= 15 is 0 Å². The molecule has 0 aliphatic rings. The maximum atomic E-state index is 8.89. The number of rotatable bonds is 9. The molecular weight excluding hydrogens is 965 g/mol. The molecule has 6 aromatic carbocycles. The van der Waals surface area contributed by atoms with Crippen molar-refractivity contribution in [3.63, 3.8) is 0 Å². The number of para-hydroxylation sites is 3. The van der Waals surface area contributed by atoms with Gasteiger partial charge in [-0.3, -0.25) is 4.98 Å². The van der Waals surface area contributed by atoms with Gasteiger partial charge in [0.05, 0.1) is 30.5 Å². The summed E-state index contributed by atoms with van der Waals surface area (Å²) in [5.74, 6) is 2.14. The minimum absolute atomic E-state index is 0. The van der Waals surface area contributed by atoms with Crippen LogP contribution in [0.25, 0.3) is 72.4 Å². The van der Waals surface area contributed by atoms with E-state index in [1.54, 1.807) is 6.07 Å². The third-order valence-electron chi connectivity index (χ3n) is 11.5. The van der Waals surface area contributed by atoms with Crippen molar-refractivity contribution in [1.29, 1.82) is 5.26 Å². The monoisotopic (exact) mass is 1020 g/mol. The number of pyridine rings is 1. The average molecular weight is 1020 g/mol. The molecule has 0 aliphatic heterocycles. The van der Waals surface area contributed by atoms with E-state index in [0.717, 1.165) is 62.0 Å². The summed E-state index contributed by atoms with van der Waals surface area (Å²) in [5, 5.41) is 12.5. The van der Waals surface area contributed by atoms with Crippen molar-refractivity contribution in [2.75, 3.05) is 0 Å². The number of nitrogens with zero attached hydrogens (tertiary/aromatic N) is 4. The Morgan fingerprint density at radius 2 is 1.37 bits per heavy atom. The molecule has 0 saturated carbocycles. The number of nitriles is 1. The van der Waals surface area contributed by atoms with Gasteiger partial charge in [-0.05, 0) is 93.2 Å². The molecule has 3 aromatic heterocycles. The van der Waals surface area contributed by atoms with Crippen molar-refractivity contribution >= 4 is 46.2 Å². The Labute approximate surface area is 387 Å². The first-order valence-corrected chi connectivity index (χ1v) is 25.3. The third-order valence-corrected chi connectivity index (χ3v) is 13.6. The van der Waals surface area contributed by atoms with Crippen molar-refractivity contribution in [3.8, 4) is 45.5 Å². The minimum atomic E-state index is -1.40. The van der Waals surface area contributed by atoms with E-state index in [1.807, 2.05) is 30.3 Å². The van der Waals surface area contributed by atoms with Crippen LogP contribution in [-0.2, 0) is 26.5 Å². The van der Waals surface area contributed by atoms with Gasteiger partial charge in [0.25, 0.3) is 0 Å². The molecule has 7 heteroatoms. The van der Waals surface area contributed by atoms with Crippen molar-refractivity contribution in [3.05, 3.63) is 168 Å². The largest absolute Gasteiger partial charge is 0.500 e. The van der Waals surface area contributed by atoms with E-state index in [2.05, 4.69) is 186 Å². The molecule has 0 aliphatic carbocycles. The molecule has 1 radical (unpaired) electrons. The van der Waals surface area contributed by atoms with Crippen LogP contribution >= 0.6 is 0 Å². The minimum Gasteiger partial charge on any atom is -0.500 e. The molecule has 0 spiro atoms. The van der Waals surface area contributed by atoms with Crippen LogP contribution in [0.15, 0.2) is 138 Å². The van der Waals surface area contributed by atoms with Crippen LogP contribution in [0.5, 0.6) is 0 Å². The molecule has 0 N–H and O–H groups in total. The molecule has 3 heterocycles. The molecule has 319 valence electrons. The second-order valence-electron chi connectivity index (χ2n) is 18.3.